The molecule has 0 aliphatic carbocycles. The van der Waals surface area contributed by atoms with Crippen molar-refractivity contribution in [2.45, 2.75) is 0 Å². The molecular formula is C50H40Cl2N2SiZr-4. The normalized spacial score (nSPS) is 10.1. The van der Waals surface area contributed by atoms with Gasteiger partial charge in [-0.05, 0) is 23.3 Å². The van der Waals surface area contributed by atoms with E-state index in [2.05, 4.69) is 187 Å². The van der Waals surface area contributed by atoms with E-state index in [4.69, 9.17) is 0 Å². The topological polar surface area (TPSA) is 25.8 Å². The van der Waals surface area contributed by atoms with E-state index in [0.717, 1.165) is 11.0 Å². The van der Waals surface area contributed by atoms with Gasteiger partial charge in [-0.15, -0.1) is 93.9 Å². The minimum absolute atomic E-state index is 0. The smallest absolute Gasteiger partial charge is 0.0773 e. The van der Waals surface area contributed by atoms with Crippen molar-refractivity contribution in [3.05, 3.63) is 209 Å². The van der Waals surface area contributed by atoms with Crippen LogP contribution in [-0.2, 0) is 23.3 Å². The molecule has 0 unspecified atom stereocenters. The summed E-state index contributed by atoms with van der Waals surface area (Å²) in [6, 6.07) is 64.4. The number of hydrogen-bond donors (Lipinski definition) is 0. The maximum absolute atomic E-state index is 4.59. The van der Waals surface area contributed by atoms with Gasteiger partial charge in [0, 0.05) is 34.3 Å². The second kappa shape index (κ2) is 20.3. The molecule has 0 aliphatic heterocycles. The Morgan fingerprint density at radius 2 is 0.768 bits per heavy atom. The number of hydrogen-bond acceptors (Lipinski definition) is 2. The van der Waals surface area contributed by atoms with Gasteiger partial charge in [-0.25, -0.2) is 0 Å². The van der Waals surface area contributed by atoms with E-state index in [1.165, 1.54) is 100 Å². The first kappa shape index (κ1) is 43.8. The second-order valence-electron chi connectivity index (χ2n) is 12.7. The SMILES string of the molecule is Cl.Cl.[CH3-].[CH3-].[Si]=[Zr].c1ccc(-c2cc3ccc(-c4cccc5cccnc45)cc3[cH-]2)cc1.c1ccc(-c2cc3ccc(-c4cccc5cccnc45)cc3[cH-]2)cc1. The van der Waals surface area contributed by atoms with Crippen molar-refractivity contribution in [1.29, 1.82) is 0 Å². The number of fused-ring (bicyclic) bond motifs is 4. The Morgan fingerprint density at radius 1 is 0.375 bits per heavy atom. The molecule has 0 saturated carbocycles. The zero-order valence-electron chi connectivity index (χ0n) is 31.2. The molecule has 2 radical (unpaired) electrons. The molecule has 0 spiro atoms. The predicted octanol–water partition coefficient (Wildman–Crippen LogP) is 14.2. The Labute approximate surface area is 359 Å². The number of aromatic nitrogens is 2. The van der Waals surface area contributed by atoms with Crippen LogP contribution in [0.1, 0.15) is 0 Å². The van der Waals surface area contributed by atoms with E-state index in [9.17, 15) is 0 Å². The van der Waals surface area contributed by atoms with Crippen LogP contribution >= 0.6 is 24.8 Å². The van der Waals surface area contributed by atoms with Crippen LogP contribution in [0.3, 0.4) is 0 Å². The van der Waals surface area contributed by atoms with Crippen LogP contribution in [-0.4, -0.2) is 16.8 Å². The van der Waals surface area contributed by atoms with Crippen molar-refractivity contribution < 1.29 is 23.3 Å². The van der Waals surface area contributed by atoms with Crippen LogP contribution in [0, 0.1) is 14.9 Å². The van der Waals surface area contributed by atoms with Crippen LogP contribution in [0.2, 0.25) is 0 Å². The van der Waals surface area contributed by atoms with Crippen LogP contribution in [0.25, 0.3) is 87.9 Å². The molecule has 2 nitrogen and oxygen atoms in total. The van der Waals surface area contributed by atoms with E-state index >= 15 is 0 Å². The summed E-state index contributed by atoms with van der Waals surface area (Å²) < 4.78 is 0. The molecule has 0 atom stereocenters. The average molecular weight is 859 g/mol. The number of benzene rings is 6. The second-order valence-corrected chi connectivity index (χ2v) is 12.7. The summed E-state index contributed by atoms with van der Waals surface area (Å²) in [5, 5.41) is 7.43. The fourth-order valence-electron chi connectivity index (χ4n) is 7.02. The Hall–Kier alpha value is -4.96. The fraction of sp³-hybridized carbons (Fsp3) is 0. The van der Waals surface area contributed by atoms with Crippen LogP contribution in [0.4, 0.5) is 0 Å². The fourth-order valence-corrected chi connectivity index (χ4v) is 7.02. The van der Waals surface area contributed by atoms with Gasteiger partial charge in [-0.2, -0.15) is 0 Å². The maximum Gasteiger partial charge on any atom is 0.0773 e. The minimum atomic E-state index is 0. The van der Waals surface area contributed by atoms with Crippen molar-refractivity contribution in [1.82, 2.24) is 9.97 Å². The van der Waals surface area contributed by atoms with Crippen LogP contribution < -0.4 is 0 Å². The summed E-state index contributed by atoms with van der Waals surface area (Å²) in [6.45, 7) is 3.06. The van der Waals surface area contributed by atoms with Gasteiger partial charge in [0.05, 0.1) is 11.0 Å². The van der Waals surface area contributed by atoms with E-state index < -0.39 is 0 Å². The number of rotatable bonds is 4. The third-order valence-electron chi connectivity index (χ3n) is 9.52. The van der Waals surface area contributed by atoms with E-state index in [1.54, 1.807) is 0 Å². The minimum Gasteiger partial charge on any atom is -0.256 e. The van der Waals surface area contributed by atoms with Gasteiger partial charge in [0.15, 0.2) is 0 Å². The monoisotopic (exact) mass is 856 g/mol. The van der Waals surface area contributed by atoms with Crippen LogP contribution in [0.5, 0.6) is 0 Å². The summed E-state index contributed by atoms with van der Waals surface area (Å²) in [7, 11) is 0. The number of pyridine rings is 2. The summed E-state index contributed by atoms with van der Waals surface area (Å²) in [5.41, 5.74) is 11.9. The van der Waals surface area contributed by atoms with Crippen molar-refractivity contribution in [2.24, 2.45) is 0 Å². The summed E-state index contributed by atoms with van der Waals surface area (Å²) in [6.07, 6.45) is 3.72. The largest absolute Gasteiger partial charge is 0.256 e. The van der Waals surface area contributed by atoms with Crippen molar-refractivity contribution >= 4 is 75.0 Å². The first-order chi connectivity index (χ1) is 25.8. The molecule has 10 rings (SSSR count). The Kier molecular flexibility index (Phi) is 15.8. The molecule has 2 aromatic heterocycles. The average Bonchev–Trinajstić information content (AvgIpc) is 3.86. The Bertz CT molecular complexity index is 2590. The molecular weight excluding hydrogens is 819 g/mol. The molecule has 2 heterocycles. The van der Waals surface area contributed by atoms with Crippen molar-refractivity contribution in [3.8, 4) is 44.5 Å². The van der Waals surface area contributed by atoms with E-state index in [-0.39, 0.29) is 39.7 Å². The van der Waals surface area contributed by atoms with Gasteiger partial charge < -0.3 is 14.9 Å². The number of para-hydroxylation sites is 2. The molecule has 276 valence electrons. The third-order valence-corrected chi connectivity index (χ3v) is 9.52. The third kappa shape index (κ3) is 9.18. The number of halogens is 2. The predicted molar refractivity (Wildman–Crippen MR) is 245 cm³/mol. The molecule has 0 bridgehead atoms. The van der Waals surface area contributed by atoms with Gasteiger partial charge in [0.1, 0.15) is 0 Å². The van der Waals surface area contributed by atoms with Gasteiger partial charge >= 0.3 is 30.2 Å². The Balaban J connectivity index is 0.000000223. The summed E-state index contributed by atoms with van der Waals surface area (Å²) in [5.74, 6) is 0. The standard InChI is InChI=1S/2C24H16N.2CH3.2ClH.Si.Zr/c2*1-2-6-17(7-3-1)21-14-19-11-12-20(15-22(19)16-21)23-10-4-8-18-9-5-13-25-24(18)23;;;;;;/h2*1-16H;2*1H3;2*1H;;/q4*-1;;;;. The molecule has 8 aromatic carbocycles. The van der Waals surface area contributed by atoms with Gasteiger partial charge in [0.25, 0.3) is 0 Å². The van der Waals surface area contributed by atoms with Gasteiger partial charge in [0.2, 0.25) is 0 Å². The summed E-state index contributed by atoms with van der Waals surface area (Å²) in [4.78, 5) is 9.18. The molecule has 0 aliphatic rings. The number of nitrogens with zero attached hydrogens (tertiary/aromatic N) is 2. The summed E-state index contributed by atoms with van der Waals surface area (Å²) >= 11 is 1.36. The molecule has 0 saturated heterocycles. The van der Waals surface area contributed by atoms with E-state index in [1.807, 2.05) is 24.5 Å². The van der Waals surface area contributed by atoms with Crippen molar-refractivity contribution in [2.75, 3.05) is 0 Å². The van der Waals surface area contributed by atoms with E-state index in [0.29, 0.717) is 0 Å². The zero-order chi connectivity index (χ0) is 35.3. The van der Waals surface area contributed by atoms with Crippen molar-refractivity contribution in [3.63, 3.8) is 0 Å². The Morgan fingerprint density at radius 3 is 1.18 bits per heavy atom. The first-order valence-corrected chi connectivity index (χ1v) is 21.4. The molecule has 0 amide bonds. The molecule has 0 N–H and O–H groups in total. The van der Waals surface area contributed by atoms with Crippen LogP contribution in [0.15, 0.2) is 194 Å². The molecule has 10 aromatic rings. The molecule has 0 fully saturated rings. The molecule has 56 heavy (non-hydrogen) atoms. The first-order valence-electron chi connectivity index (χ1n) is 17.2. The van der Waals surface area contributed by atoms with Gasteiger partial charge in [-0.1, -0.05) is 145 Å². The quantitative estimate of drug-likeness (QED) is 0.130. The van der Waals surface area contributed by atoms with Gasteiger partial charge in [-0.3, -0.25) is 9.97 Å². The maximum atomic E-state index is 4.59. The zero-order valence-corrected chi connectivity index (χ0v) is 36.3. The molecule has 6 heteroatoms.